The van der Waals surface area contributed by atoms with E-state index in [0.29, 0.717) is 13.1 Å². The van der Waals surface area contributed by atoms with E-state index in [0.717, 1.165) is 38.5 Å². The zero-order valence-corrected chi connectivity index (χ0v) is 15.9. The standard InChI is InChI=1S/C18H25ClN2O3S/c19-17-10-9-15(25(23,24)21-11-5-6-12-21)13-16(17)18(22)20-14-7-3-1-2-4-8-14/h9-10,13-14H,1-8,11-12H2,(H,20,22). The number of carbonyl (C=O) groups is 1. The number of hydrogen-bond acceptors (Lipinski definition) is 3. The third-order valence-corrected chi connectivity index (χ3v) is 7.30. The summed E-state index contributed by atoms with van der Waals surface area (Å²) in [7, 11) is -3.56. The van der Waals surface area contributed by atoms with E-state index in [1.807, 2.05) is 0 Å². The topological polar surface area (TPSA) is 66.5 Å². The fourth-order valence-electron chi connectivity index (χ4n) is 3.60. The molecule has 138 valence electrons. The molecule has 0 spiro atoms. The molecule has 0 unspecified atom stereocenters. The van der Waals surface area contributed by atoms with E-state index in [4.69, 9.17) is 11.6 Å². The molecule has 0 radical (unpaired) electrons. The lowest BCUT2D eigenvalue weighted by Crippen LogP contribution is -2.35. The van der Waals surface area contributed by atoms with Crippen molar-refractivity contribution in [3.63, 3.8) is 0 Å². The Morgan fingerprint density at radius 2 is 1.68 bits per heavy atom. The number of sulfonamides is 1. The Hall–Kier alpha value is -1.11. The Balaban J connectivity index is 1.80. The third kappa shape index (κ3) is 4.36. The van der Waals surface area contributed by atoms with Gasteiger partial charge in [-0.25, -0.2) is 8.42 Å². The Morgan fingerprint density at radius 3 is 2.32 bits per heavy atom. The summed E-state index contributed by atoms with van der Waals surface area (Å²) in [4.78, 5) is 12.8. The number of nitrogens with one attached hydrogen (secondary N) is 1. The number of nitrogens with zero attached hydrogens (tertiary/aromatic N) is 1. The lowest BCUT2D eigenvalue weighted by Gasteiger charge is -2.18. The van der Waals surface area contributed by atoms with Gasteiger partial charge in [-0.2, -0.15) is 4.31 Å². The van der Waals surface area contributed by atoms with Gasteiger partial charge < -0.3 is 5.32 Å². The van der Waals surface area contributed by atoms with Gasteiger partial charge in [0, 0.05) is 19.1 Å². The van der Waals surface area contributed by atoms with Gasteiger partial charge in [0.15, 0.2) is 0 Å². The van der Waals surface area contributed by atoms with Gasteiger partial charge in [0.2, 0.25) is 10.0 Å². The van der Waals surface area contributed by atoms with Crippen LogP contribution in [0.2, 0.25) is 5.02 Å². The largest absolute Gasteiger partial charge is 0.349 e. The number of halogens is 1. The van der Waals surface area contributed by atoms with E-state index in [9.17, 15) is 13.2 Å². The second kappa shape index (κ2) is 8.06. The van der Waals surface area contributed by atoms with Gasteiger partial charge in [-0.1, -0.05) is 37.3 Å². The predicted molar refractivity (Wildman–Crippen MR) is 98.4 cm³/mol. The maximum Gasteiger partial charge on any atom is 0.253 e. The van der Waals surface area contributed by atoms with Gasteiger partial charge >= 0.3 is 0 Å². The molecule has 1 saturated heterocycles. The van der Waals surface area contributed by atoms with E-state index >= 15 is 0 Å². The number of amides is 1. The molecule has 25 heavy (non-hydrogen) atoms. The van der Waals surface area contributed by atoms with E-state index in [1.165, 1.54) is 35.3 Å². The molecule has 1 heterocycles. The molecule has 1 N–H and O–H groups in total. The minimum absolute atomic E-state index is 0.143. The number of benzene rings is 1. The number of carbonyl (C=O) groups excluding carboxylic acids is 1. The normalized spacial score (nSPS) is 20.4. The van der Waals surface area contributed by atoms with Crippen molar-refractivity contribution in [2.45, 2.75) is 62.3 Å². The quantitative estimate of drug-likeness (QED) is 0.807. The SMILES string of the molecule is O=C(NC1CCCCCC1)c1cc(S(=O)(=O)N2CCCC2)ccc1Cl. The van der Waals surface area contributed by atoms with Crippen LogP contribution in [-0.2, 0) is 10.0 Å². The van der Waals surface area contributed by atoms with Crippen molar-refractivity contribution in [2.24, 2.45) is 0 Å². The van der Waals surface area contributed by atoms with Crippen LogP contribution >= 0.6 is 11.6 Å². The van der Waals surface area contributed by atoms with E-state index < -0.39 is 10.0 Å². The average Bonchev–Trinajstić information content (AvgIpc) is 3.02. The molecular weight excluding hydrogens is 360 g/mol. The van der Waals surface area contributed by atoms with Crippen LogP contribution < -0.4 is 5.32 Å². The van der Waals surface area contributed by atoms with Crippen LogP contribution in [0.15, 0.2) is 23.1 Å². The first-order valence-corrected chi connectivity index (χ1v) is 10.9. The van der Waals surface area contributed by atoms with E-state index in [2.05, 4.69) is 5.32 Å². The summed E-state index contributed by atoms with van der Waals surface area (Å²) in [6.07, 6.45) is 8.32. The molecule has 3 rings (SSSR count). The molecule has 2 aliphatic rings. The van der Waals surface area contributed by atoms with Crippen LogP contribution in [0.5, 0.6) is 0 Å². The summed E-state index contributed by atoms with van der Waals surface area (Å²) in [5.41, 5.74) is 0.242. The zero-order valence-electron chi connectivity index (χ0n) is 14.3. The second-order valence-electron chi connectivity index (χ2n) is 6.91. The smallest absolute Gasteiger partial charge is 0.253 e. The first-order valence-electron chi connectivity index (χ1n) is 9.09. The summed E-state index contributed by atoms with van der Waals surface area (Å²) in [6.45, 7) is 1.07. The molecule has 1 aromatic carbocycles. The van der Waals surface area contributed by atoms with E-state index in [1.54, 1.807) is 0 Å². The Kier molecular flexibility index (Phi) is 6.02. The molecule has 1 saturated carbocycles. The third-order valence-electron chi connectivity index (χ3n) is 5.08. The van der Waals surface area contributed by atoms with Gasteiger partial charge in [-0.3, -0.25) is 4.79 Å². The average molecular weight is 385 g/mol. The molecular formula is C18H25ClN2O3S. The van der Waals surface area contributed by atoms with Gasteiger partial charge in [0.05, 0.1) is 15.5 Å². The van der Waals surface area contributed by atoms with Crippen LogP contribution in [0.3, 0.4) is 0 Å². The number of rotatable bonds is 4. The highest BCUT2D eigenvalue weighted by molar-refractivity contribution is 7.89. The Morgan fingerprint density at radius 1 is 1.04 bits per heavy atom. The van der Waals surface area contributed by atoms with Gasteiger partial charge in [-0.05, 0) is 43.9 Å². The minimum Gasteiger partial charge on any atom is -0.349 e. The van der Waals surface area contributed by atoms with Crippen LogP contribution in [0.4, 0.5) is 0 Å². The second-order valence-corrected chi connectivity index (χ2v) is 9.26. The fraction of sp³-hybridized carbons (Fsp3) is 0.611. The summed E-state index contributed by atoms with van der Waals surface area (Å²) in [5.74, 6) is -0.282. The molecule has 2 fully saturated rings. The number of hydrogen-bond donors (Lipinski definition) is 1. The molecule has 1 aliphatic carbocycles. The molecule has 1 aliphatic heterocycles. The molecule has 5 nitrogen and oxygen atoms in total. The Bertz CT molecular complexity index is 722. The molecule has 0 atom stereocenters. The van der Waals surface area contributed by atoms with Crippen LogP contribution in [0, 0.1) is 0 Å². The minimum atomic E-state index is -3.56. The van der Waals surface area contributed by atoms with Crippen LogP contribution in [0.25, 0.3) is 0 Å². The van der Waals surface area contributed by atoms with E-state index in [-0.39, 0.29) is 27.4 Å². The Labute approximate surface area is 154 Å². The van der Waals surface area contributed by atoms with Crippen molar-refractivity contribution in [1.82, 2.24) is 9.62 Å². The first-order chi connectivity index (χ1) is 12.0. The lowest BCUT2D eigenvalue weighted by molar-refractivity contribution is 0.0933. The zero-order chi connectivity index (χ0) is 17.9. The molecule has 0 aromatic heterocycles. The molecule has 1 amide bonds. The van der Waals surface area contributed by atoms with Crippen molar-refractivity contribution < 1.29 is 13.2 Å². The maximum atomic E-state index is 12.7. The first kappa shape index (κ1) is 18.7. The highest BCUT2D eigenvalue weighted by Gasteiger charge is 2.28. The van der Waals surface area contributed by atoms with Gasteiger partial charge in [0.1, 0.15) is 0 Å². The van der Waals surface area contributed by atoms with Crippen molar-refractivity contribution in [1.29, 1.82) is 0 Å². The van der Waals surface area contributed by atoms with Gasteiger partial charge in [0.25, 0.3) is 5.91 Å². The van der Waals surface area contributed by atoms with Gasteiger partial charge in [-0.15, -0.1) is 0 Å². The van der Waals surface area contributed by atoms with Crippen LogP contribution in [-0.4, -0.2) is 37.8 Å². The molecule has 7 heteroatoms. The highest BCUT2D eigenvalue weighted by atomic mass is 35.5. The molecule has 0 bridgehead atoms. The maximum absolute atomic E-state index is 12.7. The monoisotopic (exact) mass is 384 g/mol. The highest BCUT2D eigenvalue weighted by Crippen LogP contribution is 2.26. The van der Waals surface area contributed by atoms with Crippen molar-refractivity contribution in [3.8, 4) is 0 Å². The molecule has 1 aromatic rings. The summed E-state index contributed by atoms with van der Waals surface area (Å²) >= 11 is 6.18. The van der Waals surface area contributed by atoms with Crippen molar-refractivity contribution in [3.05, 3.63) is 28.8 Å². The van der Waals surface area contributed by atoms with Crippen LogP contribution in [0.1, 0.15) is 61.7 Å². The summed E-state index contributed by atoms with van der Waals surface area (Å²) in [6, 6.07) is 4.55. The summed E-state index contributed by atoms with van der Waals surface area (Å²) in [5, 5.41) is 3.32. The lowest BCUT2D eigenvalue weighted by atomic mass is 10.1. The summed E-state index contributed by atoms with van der Waals surface area (Å²) < 4.78 is 26.9. The van der Waals surface area contributed by atoms with Crippen molar-refractivity contribution >= 4 is 27.5 Å². The van der Waals surface area contributed by atoms with Crippen molar-refractivity contribution in [2.75, 3.05) is 13.1 Å². The fourth-order valence-corrected chi connectivity index (χ4v) is 5.35. The predicted octanol–water partition coefficient (Wildman–Crippen LogP) is 3.58.